The third-order valence-corrected chi connectivity index (χ3v) is 3.48. The van der Waals surface area contributed by atoms with Crippen LogP contribution in [0.3, 0.4) is 0 Å². The minimum atomic E-state index is -0.913. The van der Waals surface area contributed by atoms with Crippen LogP contribution in [-0.2, 0) is 9.53 Å². The van der Waals surface area contributed by atoms with Crippen LogP contribution in [0.15, 0.2) is 48.7 Å². The molecular formula is C19H21N3O5. The van der Waals surface area contributed by atoms with E-state index in [1.54, 1.807) is 24.3 Å². The number of carbonyl (C=O) groups is 3. The number of rotatable bonds is 7. The van der Waals surface area contributed by atoms with Gasteiger partial charge in [-0.15, -0.1) is 0 Å². The topological polar surface area (TPSA) is 111 Å². The standard InChI is InChI=1S/C19H21N3O5/c1-13(2)11-20-18(24)14-7-3-4-8-15(14)21-17(23)12-27-19(25)16-9-5-6-10-22(16)26/h3-10,13H,11-12H2,1-2H3,(H,20,24)(H,21,23). The SMILES string of the molecule is CC(C)CNC(=O)c1ccccc1NC(=O)COC(=O)c1cccc[n+]1[O-]. The van der Waals surface area contributed by atoms with Crippen LogP contribution in [0, 0.1) is 11.1 Å². The molecule has 8 heteroatoms. The molecule has 0 atom stereocenters. The Kier molecular flexibility index (Phi) is 6.87. The van der Waals surface area contributed by atoms with E-state index in [-0.39, 0.29) is 17.5 Å². The lowest BCUT2D eigenvalue weighted by atomic mass is 10.1. The van der Waals surface area contributed by atoms with E-state index in [0.29, 0.717) is 22.5 Å². The third kappa shape index (κ3) is 5.81. The summed E-state index contributed by atoms with van der Waals surface area (Å²) in [5, 5.41) is 16.8. The lowest BCUT2D eigenvalue weighted by Crippen LogP contribution is -2.35. The predicted octanol–water partition coefficient (Wildman–Crippen LogP) is 1.50. The van der Waals surface area contributed by atoms with Gasteiger partial charge in [0.2, 0.25) is 0 Å². The van der Waals surface area contributed by atoms with Crippen molar-refractivity contribution in [2.24, 2.45) is 5.92 Å². The van der Waals surface area contributed by atoms with Crippen molar-refractivity contribution >= 4 is 23.5 Å². The fourth-order valence-electron chi connectivity index (χ4n) is 2.16. The average molecular weight is 371 g/mol. The zero-order valence-electron chi connectivity index (χ0n) is 15.1. The van der Waals surface area contributed by atoms with Gasteiger partial charge in [0.05, 0.1) is 11.3 Å². The van der Waals surface area contributed by atoms with E-state index in [0.717, 1.165) is 6.20 Å². The van der Waals surface area contributed by atoms with Crippen molar-refractivity contribution in [3.8, 4) is 0 Å². The van der Waals surface area contributed by atoms with Crippen LogP contribution in [0.1, 0.15) is 34.7 Å². The number of para-hydroxylation sites is 1. The van der Waals surface area contributed by atoms with Crippen LogP contribution < -0.4 is 15.4 Å². The molecule has 1 aromatic carbocycles. The fourth-order valence-corrected chi connectivity index (χ4v) is 2.16. The van der Waals surface area contributed by atoms with Gasteiger partial charge in [-0.2, -0.15) is 4.73 Å². The summed E-state index contributed by atoms with van der Waals surface area (Å²) in [7, 11) is 0. The van der Waals surface area contributed by atoms with Crippen molar-refractivity contribution in [2.45, 2.75) is 13.8 Å². The second-order valence-corrected chi connectivity index (χ2v) is 6.19. The van der Waals surface area contributed by atoms with Gasteiger partial charge in [0, 0.05) is 18.7 Å². The fraction of sp³-hybridized carbons (Fsp3) is 0.263. The van der Waals surface area contributed by atoms with E-state index < -0.39 is 18.5 Å². The number of nitrogens with zero attached hydrogens (tertiary/aromatic N) is 1. The summed E-state index contributed by atoms with van der Waals surface area (Å²) in [6, 6.07) is 10.8. The molecule has 0 spiro atoms. The van der Waals surface area contributed by atoms with E-state index >= 15 is 0 Å². The molecule has 8 nitrogen and oxygen atoms in total. The second-order valence-electron chi connectivity index (χ2n) is 6.19. The minimum absolute atomic E-state index is 0.223. The summed E-state index contributed by atoms with van der Waals surface area (Å²) in [5.74, 6) is -1.56. The summed E-state index contributed by atoms with van der Waals surface area (Å²) in [6.07, 6.45) is 1.16. The largest absolute Gasteiger partial charge is 0.618 e. The highest BCUT2D eigenvalue weighted by atomic mass is 16.5. The van der Waals surface area contributed by atoms with Crippen LogP contribution >= 0.6 is 0 Å². The van der Waals surface area contributed by atoms with Gasteiger partial charge in [0.25, 0.3) is 11.8 Å². The molecule has 142 valence electrons. The summed E-state index contributed by atoms with van der Waals surface area (Å²) in [5.41, 5.74) is 0.385. The zero-order valence-corrected chi connectivity index (χ0v) is 15.1. The molecule has 0 radical (unpaired) electrons. The molecule has 2 N–H and O–H groups in total. The van der Waals surface area contributed by atoms with E-state index in [1.807, 2.05) is 13.8 Å². The summed E-state index contributed by atoms with van der Waals surface area (Å²) in [6.45, 7) is 3.86. The molecule has 1 aromatic heterocycles. The Labute approximate surface area is 156 Å². The van der Waals surface area contributed by atoms with Crippen LogP contribution in [-0.4, -0.2) is 30.9 Å². The van der Waals surface area contributed by atoms with Crippen molar-refractivity contribution in [1.82, 2.24) is 5.32 Å². The van der Waals surface area contributed by atoms with Crippen LogP contribution in [0.25, 0.3) is 0 Å². The molecule has 0 aliphatic heterocycles. The number of aromatic nitrogens is 1. The third-order valence-electron chi connectivity index (χ3n) is 3.48. The Hall–Kier alpha value is -3.42. The molecule has 0 saturated heterocycles. The number of carbonyl (C=O) groups excluding carboxylic acids is 3. The first-order chi connectivity index (χ1) is 12.9. The van der Waals surface area contributed by atoms with Crippen LogP contribution in [0.2, 0.25) is 0 Å². The van der Waals surface area contributed by atoms with E-state index in [9.17, 15) is 19.6 Å². The monoisotopic (exact) mass is 371 g/mol. The molecule has 1 heterocycles. The van der Waals surface area contributed by atoms with Crippen molar-refractivity contribution in [3.63, 3.8) is 0 Å². The summed E-state index contributed by atoms with van der Waals surface area (Å²) in [4.78, 5) is 36.2. The van der Waals surface area contributed by atoms with E-state index in [1.165, 1.54) is 18.2 Å². The Morgan fingerprint density at radius 3 is 2.52 bits per heavy atom. The molecule has 0 saturated carbocycles. The van der Waals surface area contributed by atoms with E-state index in [4.69, 9.17) is 4.74 Å². The molecule has 2 aromatic rings. The lowest BCUT2D eigenvalue weighted by Gasteiger charge is -2.12. The zero-order chi connectivity index (χ0) is 19.8. The van der Waals surface area contributed by atoms with Gasteiger partial charge in [-0.25, -0.2) is 4.79 Å². The van der Waals surface area contributed by atoms with Gasteiger partial charge >= 0.3 is 11.7 Å². The molecule has 2 rings (SSSR count). The van der Waals surface area contributed by atoms with Gasteiger partial charge in [-0.05, 0) is 24.1 Å². The number of anilines is 1. The second kappa shape index (κ2) is 9.33. The number of nitrogens with one attached hydrogen (secondary N) is 2. The molecule has 0 unspecified atom stereocenters. The maximum Gasteiger partial charge on any atom is 0.405 e. The van der Waals surface area contributed by atoms with Crippen molar-refractivity contribution in [2.75, 3.05) is 18.5 Å². The van der Waals surface area contributed by atoms with Gasteiger partial charge in [0.1, 0.15) is 0 Å². The molecule has 27 heavy (non-hydrogen) atoms. The maximum absolute atomic E-state index is 12.3. The Morgan fingerprint density at radius 1 is 1.11 bits per heavy atom. The number of hydrogen-bond acceptors (Lipinski definition) is 5. The van der Waals surface area contributed by atoms with Crippen molar-refractivity contribution in [3.05, 3.63) is 65.1 Å². The highest BCUT2D eigenvalue weighted by molar-refractivity contribution is 6.04. The number of benzene rings is 1. The number of pyridine rings is 1. The molecule has 0 aliphatic rings. The Balaban J connectivity index is 1.97. The van der Waals surface area contributed by atoms with Gasteiger partial charge < -0.3 is 20.6 Å². The number of hydrogen-bond donors (Lipinski definition) is 2. The van der Waals surface area contributed by atoms with Crippen LogP contribution in [0.5, 0.6) is 0 Å². The number of esters is 1. The molecule has 0 aliphatic carbocycles. The van der Waals surface area contributed by atoms with Gasteiger partial charge in [-0.3, -0.25) is 9.59 Å². The molecule has 0 bridgehead atoms. The quantitative estimate of drug-likeness (QED) is 0.435. The number of ether oxygens (including phenoxy) is 1. The van der Waals surface area contributed by atoms with Crippen molar-refractivity contribution in [1.29, 1.82) is 0 Å². The molecular weight excluding hydrogens is 350 g/mol. The highest BCUT2D eigenvalue weighted by Gasteiger charge is 2.19. The van der Waals surface area contributed by atoms with Gasteiger partial charge in [0.15, 0.2) is 12.8 Å². The highest BCUT2D eigenvalue weighted by Crippen LogP contribution is 2.15. The minimum Gasteiger partial charge on any atom is -0.618 e. The normalized spacial score (nSPS) is 10.3. The summed E-state index contributed by atoms with van der Waals surface area (Å²) >= 11 is 0. The first-order valence-electron chi connectivity index (χ1n) is 8.41. The average Bonchev–Trinajstić information content (AvgIpc) is 2.65. The van der Waals surface area contributed by atoms with Gasteiger partial charge in [-0.1, -0.05) is 26.0 Å². The van der Waals surface area contributed by atoms with E-state index in [2.05, 4.69) is 10.6 Å². The Bertz CT molecular complexity index is 836. The first kappa shape index (κ1) is 19.9. The molecule has 2 amide bonds. The number of amides is 2. The van der Waals surface area contributed by atoms with Crippen LogP contribution in [0.4, 0.5) is 5.69 Å². The smallest absolute Gasteiger partial charge is 0.405 e. The molecule has 0 fully saturated rings. The Morgan fingerprint density at radius 2 is 1.81 bits per heavy atom. The van der Waals surface area contributed by atoms with Crippen molar-refractivity contribution < 1.29 is 23.9 Å². The maximum atomic E-state index is 12.3. The first-order valence-corrected chi connectivity index (χ1v) is 8.41. The summed E-state index contributed by atoms with van der Waals surface area (Å²) < 4.78 is 5.21. The predicted molar refractivity (Wildman–Crippen MR) is 97.9 cm³/mol. The lowest BCUT2D eigenvalue weighted by molar-refractivity contribution is -0.608.